The van der Waals surface area contributed by atoms with Gasteiger partial charge in [0, 0.05) is 29.6 Å². The monoisotopic (exact) mass is 327 g/mol. The highest BCUT2D eigenvalue weighted by molar-refractivity contribution is 8.13. The lowest BCUT2D eigenvalue weighted by Gasteiger charge is -2.07. The predicted octanol–water partition coefficient (Wildman–Crippen LogP) is 2.22. The zero-order chi connectivity index (χ0) is 15.8. The molecule has 0 atom stereocenters. The van der Waals surface area contributed by atoms with Crippen molar-refractivity contribution in [2.75, 3.05) is 5.32 Å². The second-order valence-electron chi connectivity index (χ2n) is 4.67. The third kappa shape index (κ3) is 3.43. The Balaban J connectivity index is 2.27. The number of aryl methyl sites for hydroxylation is 3. The maximum atomic E-state index is 12.1. The van der Waals surface area contributed by atoms with Crippen LogP contribution in [0, 0.1) is 13.8 Å². The Morgan fingerprint density at radius 2 is 2.00 bits per heavy atom. The summed E-state index contributed by atoms with van der Waals surface area (Å²) in [5.41, 5.74) is 2.03. The number of anilines is 1. The summed E-state index contributed by atoms with van der Waals surface area (Å²) in [4.78, 5) is 12.2. The highest BCUT2D eigenvalue weighted by Gasteiger charge is 2.16. The van der Waals surface area contributed by atoms with Crippen LogP contribution in [-0.2, 0) is 16.1 Å². The number of nitrogens with zero attached hydrogens (tertiary/aromatic N) is 2. The molecule has 112 valence electrons. The van der Waals surface area contributed by atoms with E-state index in [1.165, 1.54) is 12.1 Å². The Morgan fingerprint density at radius 3 is 2.48 bits per heavy atom. The highest BCUT2D eigenvalue weighted by atomic mass is 35.7. The van der Waals surface area contributed by atoms with E-state index in [2.05, 4.69) is 10.4 Å². The largest absolute Gasteiger partial charge is 0.322 e. The van der Waals surface area contributed by atoms with E-state index in [0.29, 0.717) is 22.5 Å². The van der Waals surface area contributed by atoms with Gasteiger partial charge in [-0.05, 0) is 37.6 Å². The molecule has 1 aromatic carbocycles. The van der Waals surface area contributed by atoms with Crippen molar-refractivity contribution in [2.24, 2.45) is 7.05 Å². The van der Waals surface area contributed by atoms with Crippen LogP contribution in [0.15, 0.2) is 29.3 Å². The third-order valence-electron chi connectivity index (χ3n) is 2.95. The summed E-state index contributed by atoms with van der Waals surface area (Å²) in [7, 11) is 3.26. The van der Waals surface area contributed by atoms with Crippen LogP contribution in [0.3, 0.4) is 0 Å². The van der Waals surface area contributed by atoms with Crippen LogP contribution in [0.2, 0.25) is 0 Å². The number of benzene rings is 1. The molecule has 2 rings (SSSR count). The molecule has 0 radical (unpaired) electrons. The molecule has 8 heteroatoms. The van der Waals surface area contributed by atoms with Crippen molar-refractivity contribution >= 4 is 31.3 Å². The Bertz CT molecular complexity index is 812. The fourth-order valence-corrected chi connectivity index (χ4v) is 3.22. The van der Waals surface area contributed by atoms with Gasteiger partial charge >= 0.3 is 0 Å². The SMILES string of the molecule is Cc1cc(NC(=O)c2cn(C)nc2C)ccc1S(=O)(=O)Cl. The molecule has 1 amide bonds. The molecule has 6 nitrogen and oxygen atoms in total. The van der Waals surface area contributed by atoms with Crippen molar-refractivity contribution in [2.45, 2.75) is 18.7 Å². The Labute approximate surface area is 127 Å². The molecule has 0 bridgehead atoms. The first kappa shape index (κ1) is 15.5. The summed E-state index contributed by atoms with van der Waals surface area (Å²) in [6.45, 7) is 3.35. The van der Waals surface area contributed by atoms with E-state index in [4.69, 9.17) is 10.7 Å². The average Bonchev–Trinajstić information content (AvgIpc) is 2.67. The number of aromatic nitrogens is 2. The predicted molar refractivity (Wildman–Crippen MR) is 80.1 cm³/mol. The molecule has 1 heterocycles. The fourth-order valence-electron chi connectivity index (χ4n) is 2.02. The molecular weight excluding hydrogens is 314 g/mol. The van der Waals surface area contributed by atoms with Crippen LogP contribution in [0.5, 0.6) is 0 Å². The lowest BCUT2D eigenvalue weighted by Crippen LogP contribution is -2.12. The van der Waals surface area contributed by atoms with Crippen molar-refractivity contribution in [1.29, 1.82) is 0 Å². The summed E-state index contributed by atoms with van der Waals surface area (Å²) in [5, 5.41) is 6.80. The summed E-state index contributed by atoms with van der Waals surface area (Å²) < 4.78 is 24.2. The van der Waals surface area contributed by atoms with Gasteiger partial charge in [0.25, 0.3) is 15.0 Å². The molecule has 1 N–H and O–H groups in total. The normalized spacial score (nSPS) is 11.4. The molecular formula is C13H14ClN3O3S. The molecule has 0 aliphatic rings. The van der Waals surface area contributed by atoms with E-state index < -0.39 is 9.05 Å². The van der Waals surface area contributed by atoms with Gasteiger partial charge in [0.1, 0.15) is 0 Å². The molecule has 0 spiro atoms. The number of halogens is 1. The van der Waals surface area contributed by atoms with Gasteiger partial charge in [-0.1, -0.05) is 0 Å². The molecule has 0 aliphatic heterocycles. The van der Waals surface area contributed by atoms with Crippen LogP contribution < -0.4 is 5.32 Å². The smallest absolute Gasteiger partial charge is 0.261 e. The van der Waals surface area contributed by atoms with Crippen LogP contribution in [-0.4, -0.2) is 24.1 Å². The van der Waals surface area contributed by atoms with Crippen molar-refractivity contribution in [3.63, 3.8) is 0 Å². The quantitative estimate of drug-likeness (QED) is 0.876. The van der Waals surface area contributed by atoms with E-state index in [9.17, 15) is 13.2 Å². The van der Waals surface area contributed by atoms with Gasteiger partial charge in [-0.3, -0.25) is 9.48 Å². The number of carbonyl (C=O) groups is 1. The van der Waals surface area contributed by atoms with Gasteiger partial charge < -0.3 is 5.32 Å². The third-order valence-corrected chi connectivity index (χ3v) is 4.44. The number of amides is 1. The van der Waals surface area contributed by atoms with E-state index in [1.807, 2.05) is 0 Å². The number of rotatable bonds is 3. The Hall–Kier alpha value is -1.86. The summed E-state index contributed by atoms with van der Waals surface area (Å²) in [6.07, 6.45) is 1.62. The first-order chi connectivity index (χ1) is 9.68. The van der Waals surface area contributed by atoms with Crippen molar-refractivity contribution in [1.82, 2.24) is 9.78 Å². The lowest BCUT2D eigenvalue weighted by atomic mass is 10.2. The van der Waals surface area contributed by atoms with Gasteiger partial charge in [-0.25, -0.2) is 8.42 Å². The highest BCUT2D eigenvalue weighted by Crippen LogP contribution is 2.23. The van der Waals surface area contributed by atoms with E-state index in [1.54, 1.807) is 37.8 Å². The number of nitrogens with one attached hydrogen (secondary N) is 1. The molecule has 0 aliphatic carbocycles. The Morgan fingerprint density at radius 1 is 1.33 bits per heavy atom. The molecule has 21 heavy (non-hydrogen) atoms. The second kappa shape index (κ2) is 5.50. The van der Waals surface area contributed by atoms with Gasteiger partial charge in [0.2, 0.25) is 0 Å². The van der Waals surface area contributed by atoms with Gasteiger partial charge in [0.15, 0.2) is 0 Å². The van der Waals surface area contributed by atoms with Gasteiger partial charge in [-0.2, -0.15) is 5.10 Å². The zero-order valence-corrected chi connectivity index (χ0v) is 13.3. The fraction of sp³-hybridized carbons (Fsp3) is 0.231. The van der Waals surface area contributed by atoms with Crippen LogP contribution in [0.25, 0.3) is 0 Å². The zero-order valence-electron chi connectivity index (χ0n) is 11.7. The van der Waals surface area contributed by atoms with Gasteiger partial charge in [-0.15, -0.1) is 0 Å². The average molecular weight is 328 g/mol. The Kier molecular flexibility index (Phi) is 4.06. The second-order valence-corrected chi connectivity index (χ2v) is 7.21. The van der Waals surface area contributed by atoms with Crippen LogP contribution in [0.4, 0.5) is 5.69 Å². The first-order valence-corrected chi connectivity index (χ1v) is 8.36. The summed E-state index contributed by atoms with van der Waals surface area (Å²) >= 11 is 0. The maximum Gasteiger partial charge on any atom is 0.261 e. The summed E-state index contributed by atoms with van der Waals surface area (Å²) in [5.74, 6) is -0.304. The van der Waals surface area contributed by atoms with Crippen LogP contribution in [0.1, 0.15) is 21.6 Å². The lowest BCUT2D eigenvalue weighted by molar-refractivity contribution is 0.102. The minimum absolute atomic E-state index is 0.0275. The molecule has 0 fully saturated rings. The molecule has 1 aromatic heterocycles. The number of hydrogen-bond donors (Lipinski definition) is 1. The van der Waals surface area contributed by atoms with Gasteiger partial charge in [0.05, 0.1) is 16.2 Å². The standard InChI is InChI=1S/C13H14ClN3O3S/c1-8-6-10(4-5-12(8)21(14,19)20)15-13(18)11-7-17(3)16-9(11)2/h4-7H,1-3H3,(H,15,18). The molecule has 0 unspecified atom stereocenters. The summed E-state index contributed by atoms with van der Waals surface area (Å²) in [6, 6.07) is 4.41. The van der Waals surface area contributed by atoms with E-state index >= 15 is 0 Å². The van der Waals surface area contributed by atoms with Crippen molar-refractivity contribution in [3.05, 3.63) is 41.2 Å². The topological polar surface area (TPSA) is 81.1 Å². The molecule has 0 saturated carbocycles. The molecule has 0 saturated heterocycles. The first-order valence-electron chi connectivity index (χ1n) is 6.05. The minimum atomic E-state index is -3.79. The van der Waals surface area contributed by atoms with E-state index in [0.717, 1.165) is 0 Å². The molecule has 2 aromatic rings. The maximum absolute atomic E-state index is 12.1. The minimum Gasteiger partial charge on any atom is -0.322 e. The van der Waals surface area contributed by atoms with E-state index in [-0.39, 0.29) is 10.8 Å². The van der Waals surface area contributed by atoms with Crippen molar-refractivity contribution < 1.29 is 13.2 Å². The number of hydrogen-bond acceptors (Lipinski definition) is 4. The van der Waals surface area contributed by atoms with Crippen LogP contribution >= 0.6 is 10.7 Å². The number of carbonyl (C=O) groups excluding carboxylic acids is 1. The van der Waals surface area contributed by atoms with Crippen molar-refractivity contribution in [3.8, 4) is 0 Å².